The summed E-state index contributed by atoms with van der Waals surface area (Å²) in [5, 5.41) is 2.31. The van der Waals surface area contributed by atoms with Gasteiger partial charge < -0.3 is 21.5 Å². The summed E-state index contributed by atoms with van der Waals surface area (Å²) in [5.74, 6) is -0.985. The fraction of sp³-hybridized carbons (Fsp3) is 0.800. The van der Waals surface area contributed by atoms with Crippen molar-refractivity contribution in [1.29, 1.82) is 0 Å². The lowest BCUT2D eigenvalue weighted by Gasteiger charge is -2.21. The van der Waals surface area contributed by atoms with Gasteiger partial charge in [0.1, 0.15) is 18.8 Å². The SMILES string of the molecule is NC(N)C(=O)NCC(=O)OC1CCCCC1. The van der Waals surface area contributed by atoms with Crippen LogP contribution in [0.25, 0.3) is 0 Å². The topological polar surface area (TPSA) is 107 Å². The number of carbonyl (C=O) groups is 2. The fourth-order valence-corrected chi connectivity index (χ4v) is 1.69. The number of nitrogens with two attached hydrogens (primary N) is 2. The fourth-order valence-electron chi connectivity index (χ4n) is 1.69. The normalized spacial score (nSPS) is 17.2. The third-order valence-corrected chi connectivity index (χ3v) is 2.56. The number of carbonyl (C=O) groups excluding carboxylic acids is 2. The summed E-state index contributed by atoms with van der Waals surface area (Å²) in [6.45, 7) is -0.166. The van der Waals surface area contributed by atoms with Gasteiger partial charge in [-0.2, -0.15) is 0 Å². The lowest BCUT2D eigenvalue weighted by Crippen LogP contribution is -2.48. The van der Waals surface area contributed by atoms with E-state index in [9.17, 15) is 9.59 Å². The molecule has 6 nitrogen and oxygen atoms in total. The minimum Gasteiger partial charge on any atom is -0.461 e. The van der Waals surface area contributed by atoms with Crippen molar-refractivity contribution >= 4 is 11.9 Å². The van der Waals surface area contributed by atoms with Gasteiger partial charge >= 0.3 is 5.97 Å². The van der Waals surface area contributed by atoms with Crippen LogP contribution < -0.4 is 16.8 Å². The number of ether oxygens (including phenoxy) is 1. The van der Waals surface area contributed by atoms with E-state index in [-0.39, 0.29) is 12.6 Å². The maximum atomic E-state index is 11.3. The van der Waals surface area contributed by atoms with Gasteiger partial charge in [-0.15, -0.1) is 0 Å². The highest BCUT2D eigenvalue weighted by Gasteiger charge is 2.18. The zero-order chi connectivity index (χ0) is 12.0. The second-order valence-corrected chi connectivity index (χ2v) is 3.99. The predicted octanol–water partition coefficient (Wildman–Crippen LogP) is -0.778. The Hall–Kier alpha value is -1.14. The molecule has 1 amide bonds. The molecule has 1 aliphatic rings. The molecule has 0 aromatic heterocycles. The Bertz CT molecular complexity index is 250. The highest BCUT2D eigenvalue weighted by atomic mass is 16.5. The number of hydrogen-bond donors (Lipinski definition) is 3. The van der Waals surface area contributed by atoms with Crippen molar-refractivity contribution in [3.05, 3.63) is 0 Å². The predicted molar refractivity (Wildman–Crippen MR) is 58.1 cm³/mol. The van der Waals surface area contributed by atoms with Gasteiger partial charge in [0.25, 0.3) is 5.91 Å². The molecule has 0 radical (unpaired) electrons. The van der Waals surface area contributed by atoms with Gasteiger partial charge in [0, 0.05) is 0 Å². The summed E-state index contributed by atoms with van der Waals surface area (Å²) in [4.78, 5) is 22.3. The summed E-state index contributed by atoms with van der Waals surface area (Å²) in [5.41, 5.74) is 10.2. The summed E-state index contributed by atoms with van der Waals surface area (Å²) in [7, 11) is 0. The minimum absolute atomic E-state index is 0.00435. The van der Waals surface area contributed by atoms with Crippen LogP contribution in [0.4, 0.5) is 0 Å². The highest BCUT2D eigenvalue weighted by molar-refractivity contribution is 5.84. The third kappa shape index (κ3) is 4.59. The molecule has 5 N–H and O–H groups in total. The third-order valence-electron chi connectivity index (χ3n) is 2.56. The van der Waals surface area contributed by atoms with Gasteiger partial charge in [-0.05, 0) is 25.7 Å². The standard InChI is InChI=1S/C10H19N3O3/c11-9(12)10(15)13-6-8(14)16-7-4-2-1-3-5-7/h7,9H,1-6,11-12H2,(H,13,15). The maximum absolute atomic E-state index is 11.3. The summed E-state index contributed by atoms with van der Waals surface area (Å²) < 4.78 is 5.19. The molecule has 0 saturated heterocycles. The Morgan fingerprint density at radius 3 is 2.44 bits per heavy atom. The molecule has 0 atom stereocenters. The van der Waals surface area contributed by atoms with Crippen molar-refractivity contribution in [3.8, 4) is 0 Å². The maximum Gasteiger partial charge on any atom is 0.325 e. The molecule has 0 heterocycles. The molecular weight excluding hydrogens is 210 g/mol. The lowest BCUT2D eigenvalue weighted by atomic mass is 9.98. The van der Waals surface area contributed by atoms with Crippen LogP contribution >= 0.6 is 0 Å². The average molecular weight is 229 g/mol. The average Bonchev–Trinajstić information content (AvgIpc) is 2.27. The first-order chi connectivity index (χ1) is 7.59. The number of rotatable bonds is 4. The Morgan fingerprint density at radius 2 is 1.88 bits per heavy atom. The van der Waals surface area contributed by atoms with E-state index in [1.165, 1.54) is 6.42 Å². The van der Waals surface area contributed by atoms with Gasteiger partial charge in [-0.3, -0.25) is 9.59 Å². The minimum atomic E-state index is -1.09. The molecule has 0 bridgehead atoms. The van der Waals surface area contributed by atoms with Crippen LogP contribution in [0.1, 0.15) is 32.1 Å². The molecule has 1 aliphatic carbocycles. The first-order valence-electron chi connectivity index (χ1n) is 5.58. The molecular formula is C10H19N3O3. The monoisotopic (exact) mass is 229 g/mol. The van der Waals surface area contributed by atoms with E-state index < -0.39 is 18.0 Å². The summed E-state index contributed by atoms with van der Waals surface area (Å²) in [6.07, 6.45) is 4.13. The molecule has 6 heteroatoms. The van der Waals surface area contributed by atoms with Crippen molar-refractivity contribution in [2.45, 2.75) is 44.4 Å². The van der Waals surface area contributed by atoms with Crippen LogP contribution in [0.2, 0.25) is 0 Å². The Labute approximate surface area is 94.7 Å². The molecule has 0 aromatic rings. The Balaban J connectivity index is 2.17. The van der Waals surface area contributed by atoms with E-state index in [1.54, 1.807) is 0 Å². The van der Waals surface area contributed by atoms with E-state index in [1.807, 2.05) is 0 Å². The summed E-state index contributed by atoms with van der Waals surface area (Å²) in [6, 6.07) is 0. The number of hydrogen-bond acceptors (Lipinski definition) is 5. The molecule has 1 saturated carbocycles. The molecule has 1 rings (SSSR count). The zero-order valence-electron chi connectivity index (χ0n) is 9.28. The van der Waals surface area contributed by atoms with Crippen molar-refractivity contribution in [2.75, 3.05) is 6.54 Å². The van der Waals surface area contributed by atoms with E-state index in [4.69, 9.17) is 16.2 Å². The van der Waals surface area contributed by atoms with Crippen molar-refractivity contribution < 1.29 is 14.3 Å². The smallest absolute Gasteiger partial charge is 0.325 e. The zero-order valence-corrected chi connectivity index (χ0v) is 9.28. The Kier molecular flexibility index (Phi) is 5.21. The molecule has 0 aromatic carbocycles. The highest BCUT2D eigenvalue weighted by Crippen LogP contribution is 2.20. The van der Waals surface area contributed by atoms with Crippen LogP contribution in [0.15, 0.2) is 0 Å². The van der Waals surface area contributed by atoms with E-state index in [0.29, 0.717) is 0 Å². The van der Waals surface area contributed by atoms with E-state index in [2.05, 4.69) is 5.32 Å². The van der Waals surface area contributed by atoms with Crippen molar-refractivity contribution in [2.24, 2.45) is 11.5 Å². The molecule has 16 heavy (non-hydrogen) atoms. The van der Waals surface area contributed by atoms with Gasteiger partial charge in [-0.25, -0.2) is 0 Å². The second kappa shape index (κ2) is 6.44. The number of amides is 1. The van der Waals surface area contributed by atoms with Gasteiger partial charge in [0.05, 0.1) is 0 Å². The second-order valence-electron chi connectivity index (χ2n) is 3.99. The first-order valence-corrected chi connectivity index (χ1v) is 5.58. The largest absolute Gasteiger partial charge is 0.461 e. The molecule has 0 aliphatic heterocycles. The van der Waals surface area contributed by atoms with Crippen molar-refractivity contribution in [3.63, 3.8) is 0 Å². The Morgan fingerprint density at radius 1 is 1.25 bits per heavy atom. The molecule has 1 fully saturated rings. The van der Waals surface area contributed by atoms with E-state index in [0.717, 1.165) is 25.7 Å². The van der Waals surface area contributed by atoms with Gasteiger partial charge in [0.2, 0.25) is 0 Å². The van der Waals surface area contributed by atoms with Gasteiger partial charge in [-0.1, -0.05) is 6.42 Å². The molecule has 0 unspecified atom stereocenters. The van der Waals surface area contributed by atoms with Crippen LogP contribution in [-0.4, -0.2) is 30.7 Å². The number of esters is 1. The quantitative estimate of drug-likeness (QED) is 0.433. The molecule has 92 valence electrons. The summed E-state index contributed by atoms with van der Waals surface area (Å²) >= 11 is 0. The van der Waals surface area contributed by atoms with E-state index >= 15 is 0 Å². The van der Waals surface area contributed by atoms with Crippen LogP contribution in [0.5, 0.6) is 0 Å². The lowest BCUT2D eigenvalue weighted by molar-refractivity contribution is -0.150. The molecule has 0 spiro atoms. The van der Waals surface area contributed by atoms with Crippen LogP contribution in [-0.2, 0) is 14.3 Å². The van der Waals surface area contributed by atoms with Gasteiger partial charge in [0.15, 0.2) is 0 Å². The number of nitrogens with one attached hydrogen (secondary N) is 1. The van der Waals surface area contributed by atoms with Crippen LogP contribution in [0, 0.1) is 0 Å². The van der Waals surface area contributed by atoms with Crippen molar-refractivity contribution in [1.82, 2.24) is 5.32 Å². The first kappa shape index (κ1) is 12.9. The van der Waals surface area contributed by atoms with Crippen LogP contribution in [0.3, 0.4) is 0 Å².